The van der Waals surface area contributed by atoms with Crippen LogP contribution in [0.4, 0.5) is 5.69 Å². The van der Waals surface area contributed by atoms with Crippen molar-refractivity contribution in [3.63, 3.8) is 0 Å². The first-order valence-corrected chi connectivity index (χ1v) is 11.5. The van der Waals surface area contributed by atoms with Crippen molar-refractivity contribution in [2.24, 2.45) is 0 Å². The van der Waals surface area contributed by atoms with Crippen molar-refractivity contribution < 1.29 is 9.53 Å². The lowest BCUT2D eigenvalue weighted by Gasteiger charge is -2.20. The fourth-order valence-corrected chi connectivity index (χ4v) is 4.67. The third-order valence-electron chi connectivity index (χ3n) is 6.65. The number of hydrogen-bond donors (Lipinski definition) is 0. The van der Waals surface area contributed by atoms with E-state index < -0.39 is 0 Å². The number of benzene rings is 3. The van der Waals surface area contributed by atoms with Gasteiger partial charge in [0.15, 0.2) is 0 Å². The molecule has 0 saturated carbocycles. The van der Waals surface area contributed by atoms with Gasteiger partial charge in [0.2, 0.25) is 5.91 Å². The van der Waals surface area contributed by atoms with E-state index in [2.05, 4.69) is 49.6 Å². The van der Waals surface area contributed by atoms with Crippen molar-refractivity contribution in [3.05, 3.63) is 89.2 Å². The highest BCUT2D eigenvalue weighted by molar-refractivity contribution is 5.97. The Morgan fingerprint density at radius 2 is 1.76 bits per heavy atom. The van der Waals surface area contributed by atoms with Gasteiger partial charge in [0, 0.05) is 24.6 Å². The van der Waals surface area contributed by atoms with Crippen LogP contribution in [0.2, 0.25) is 0 Å². The fraction of sp³-hybridized carbons (Fsp3) is 0.286. The van der Waals surface area contributed by atoms with Gasteiger partial charge in [0.05, 0.1) is 17.6 Å². The van der Waals surface area contributed by atoms with Crippen LogP contribution in [0.25, 0.3) is 11.0 Å². The molecule has 5 rings (SSSR count). The van der Waals surface area contributed by atoms with Gasteiger partial charge in [-0.25, -0.2) is 4.98 Å². The maximum Gasteiger partial charge on any atom is 0.227 e. The number of amides is 1. The SMILES string of the molecule is Cc1ccc(OCCn2c([C@@H]3CC(=O)N(c4cccc(C)c4C)C3)nc3ccccc32)cc1. The van der Waals surface area contributed by atoms with Crippen LogP contribution in [0.1, 0.15) is 34.9 Å². The summed E-state index contributed by atoms with van der Waals surface area (Å²) in [6.45, 7) is 8.10. The van der Waals surface area contributed by atoms with Crippen molar-refractivity contribution in [3.8, 4) is 5.75 Å². The lowest BCUT2D eigenvalue weighted by atomic mass is 10.1. The minimum Gasteiger partial charge on any atom is -0.492 e. The Morgan fingerprint density at radius 3 is 2.58 bits per heavy atom. The molecule has 3 aromatic carbocycles. The van der Waals surface area contributed by atoms with Crippen LogP contribution in [0.15, 0.2) is 66.7 Å². The van der Waals surface area contributed by atoms with E-state index in [4.69, 9.17) is 9.72 Å². The second-order valence-electron chi connectivity index (χ2n) is 8.90. The summed E-state index contributed by atoms with van der Waals surface area (Å²) in [5.74, 6) is 2.03. The minimum atomic E-state index is 0.0455. The highest BCUT2D eigenvalue weighted by Crippen LogP contribution is 2.35. The lowest BCUT2D eigenvalue weighted by Crippen LogP contribution is -2.25. The topological polar surface area (TPSA) is 47.4 Å². The van der Waals surface area contributed by atoms with Gasteiger partial charge in [-0.15, -0.1) is 0 Å². The predicted octanol–water partition coefficient (Wildman–Crippen LogP) is 5.56. The zero-order valence-corrected chi connectivity index (χ0v) is 19.4. The number of aromatic nitrogens is 2. The van der Waals surface area contributed by atoms with Crippen LogP contribution in [0.3, 0.4) is 0 Å². The molecular weight excluding hydrogens is 410 g/mol. The summed E-state index contributed by atoms with van der Waals surface area (Å²) in [6.07, 6.45) is 0.468. The highest BCUT2D eigenvalue weighted by atomic mass is 16.5. The number of carbonyl (C=O) groups is 1. The predicted molar refractivity (Wildman–Crippen MR) is 132 cm³/mol. The number of anilines is 1. The highest BCUT2D eigenvalue weighted by Gasteiger charge is 2.35. The summed E-state index contributed by atoms with van der Waals surface area (Å²) in [5, 5.41) is 0. The third-order valence-corrected chi connectivity index (χ3v) is 6.65. The van der Waals surface area contributed by atoms with E-state index in [1.165, 1.54) is 11.1 Å². The van der Waals surface area contributed by atoms with Crippen molar-refractivity contribution in [2.75, 3.05) is 18.1 Å². The molecule has 1 saturated heterocycles. The summed E-state index contributed by atoms with van der Waals surface area (Å²) in [5.41, 5.74) is 6.62. The molecule has 0 spiro atoms. The molecule has 0 radical (unpaired) electrons. The fourth-order valence-electron chi connectivity index (χ4n) is 4.67. The number of nitrogens with zero attached hydrogens (tertiary/aromatic N) is 3. The van der Waals surface area contributed by atoms with Gasteiger partial charge in [0.1, 0.15) is 18.2 Å². The molecule has 0 aliphatic carbocycles. The number of ether oxygens (including phenoxy) is 1. The van der Waals surface area contributed by atoms with Crippen LogP contribution in [-0.2, 0) is 11.3 Å². The number of imidazole rings is 1. The Hall–Kier alpha value is -3.60. The van der Waals surface area contributed by atoms with Crippen molar-refractivity contribution in [2.45, 2.75) is 39.7 Å². The first-order valence-electron chi connectivity index (χ1n) is 11.5. The van der Waals surface area contributed by atoms with Crippen LogP contribution >= 0.6 is 0 Å². The molecule has 33 heavy (non-hydrogen) atoms. The zero-order chi connectivity index (χ0) is 22.9. The van der Waals surface area contributed by atoms with E-state index in [1.54, 1.807) is 0 Å². The molecule has 168 valence electrons. The summed E-state index contributed by atoms with van der Waals surface area (Å²) in [4.78, 5) is 19.9. The molecule has 1 aromatic heterocycles. The molecule has 1 aliphatic heterocycles. The molecule has 1 atom stereocenters. The molecule has 1 fully saturated rings. The molecule has 5 heteroatoms. The van der Waals surface area contributed by atoms with Gasteiger partial charge >= 0.3 is 0 Å². The molecule has 0 unspecified atom stereocenters. The van der Waals surface area contributed by atoms with Crippen molar-refractivity contribution in [1.29, 1.82) is 0 Å². The van der Waals surface area contributed by atoms with E-state index >= 15 is 0 Å². The second kappa shape index (κ2) is 8.74. The Labute approximate surface area is 194 Å². The monoisotopic (exact) mass is 439 g/mol. The third kappa shape index (κ3) is 4.11. The van der Waals surface area contributed by atoms with Gasteiger partial charge in [-0.05, 0) is 62.2 Å². The van der Waals surface area contributed by atoms with E-state index in [0.29, 0.717) is 26.1 Å². The maximum atomic E-state index is 13.0. The number of para-hydroxylation sites is 2. The molecule has 4 aromatic rings. The van der Waals surface area contributed by atoms with Gasteiger partial charge in [-0.2, -0.15) is 0 Å². The number of carbonyl (C=O) groups excluding carboxylic acids is 1. The van der Waals surface area contributed by atoms with Crippen molar-refractivity contribution >= 4 is 22.6 Å². The van der Waals surface area contributed by atoms with Crippen LogP contribution in [0.5, 0.6) is 5.75 Å². The van der Waals surface area contributed by atoms with E-state index in [0.717, 1.165) is 33.9 Å². The first kappa shape index (κ1) is 21.3. The van der Waals surface area contributed by atoms with Crippen molar-refractivity contribution in [1.82, 2.24) is 9.55 Å². The standard InChI is InChI=1S/C28H29N3O2/c1-19-11-13-23(14-12-19)33-16-15-30-26-9-5-4-8-24(26)29-28(30)22-17-27(32)31(18-22)25-10-6-7-20(2)21(25)3/h4-14,22H,15-18H2,1-3H3/t22-/m1/s1. The normalized spacial score (nSPS) is 16.0. The number of rotatable bonds is 6. The zero-order valence-electron chi connectivity index (χ0n) is 19.4. The Bertz CT molecular complexity index is 1310. The van der Waals surface area contributed by atoms with Crippen LogP contribution in [0, 0.1) is 20.8 Å². The quantitative estimate of drug-likeness (QED) is 0.395. The average molecular weight is 440 g/mol. The molecular formula is C28H29N3O2. The second-order valence-corrected chi connectivity index (χ2v) is 8.90. The number of fused-ring (bicyclic) bond motifs is 1. The smallest absolute Gasteiger partial charge is 0.227 e. The summed E-state index contributed by atoms with van der Waals surface area (Å²) < 4.78 is 8.25. The molecule has 2 heterocycles. The van der Waals surface area contributed by atoms with E-state index in [-0.39, 0.29) is 11.8 Å². The average Bonchev–Trinajstić information content (AvgIpc) is 3.38. The summed E-state index contributed by atoms with van der Waals surface area (Å²) in [7, 11) is 0. The lowest BCUT2D eigenvalue weighted by molar-refractivity contribution is -0.117. The molecule has 1 amide bonds. The summed E-state index contributed by atoms with van der Waals surface area (Å²) in [6, 6.07) is 22.4. The summed E-state index contributed by atoms with van der Waals surface area (Å²) >= 11 is 0. The van der Waals surface area contributed by atoms with Gasteiger partial charge in [-0.1, -0.05) is 42.0 Å². The first-order chi connectivity index (χ1) is 16.0. The largest absolute Gasteiger partial charge is 0.492 e. The van der Waals surface area contributed by atoms with Gasteiger partial charge in [-0.3, -0.25) is 4.79 Å². The Balaban J connectivity index is 1.41. The van der Waals surface area contributed by atoms with E-state index in [1.807, 2.05) is 47.4 Å². The number of aryl methyl sites for hydroxylation is 2. The van der Waals surface area contributed by atoms with E-state index in [9.17, 15) is 4.79 Å². The maximum absolute atomic E-state index is 13.0. The molecule has 5 nitrogen and oxygen atoms in total. The Morgan fingerprint density at radius 1 is 0.970 bits per heavy atom. The van der Waals surface area contributed by atoms with Gasteiger partial charge < -0.3 is 14.2 Å². The number of hydrogen-bond acceptors (Lipinski definition) is 3. The van der Waals surface area contributed by atoms with Crippen LogP contribution < -0.4 is 9.64 Å². The molecule has 0 N–H and O–H groups in total. The minimum absolute atomic E-state index is 0.0455. The molecule has 0 bridgehead atoms. The Kier molecular flexibility index (Phi) is 5.63. The van der Waals surface area contributed by atoms with Crippen LogP contribution in [-0.4, -0.2) is 28.6 Å². The van der Waals surface area contributed by atoms with Gasteiger partial charge in [0.25, 0.3) is 0 Å². The molecule has 1 aliphatic rings.